The molecular formula is C11H21N3S. The van der Waals surface area contributed by atoms with Gasteiger partial charge in [-0.15, -0.1) is 11.3 Å². The van der Waals surface area contributed by atoms with E-state index in [4.69, 9.17) is 5.73 Å². The number of unbranched alkanes of at least 4 members (excludes halogenated alkanes) is 1. The van der Waals surface area contributed by atoms with Crippen molar-refractivity contribution >= 4 is 11.3 Å². The number of likely N-dealkylation sites (N-methyl/N-ethyl adjacent to an activating group) is 1. The van der Waals surface area contributed by atoms with Gasteiger partial charge in [0.05, 0.1) is 6.04 Å². The number of hydrogen-bond donors (Lipinski definition) is 1. The molecule has 2 N–H and O–H groups in total. The number of nitrogens with two attached hydrogens (primary N) is 1. The molecule has 0 aliphatic rings. The van der Waals surface area contributed by atoms with Crippen LogP contribution in [0.2, 0.25) is 0 Å². The third-order valence-electron chi connectivity index (χ3n) is 2.54. The molecule has 4 heteroatoms. The highest BCUT2D eigenvalue weighted by atomic mass is 32.1. The third-order valence-corrected chi connectivity index (χ3v) is 3.61. The molecule has 0 bridgehead atoms. The Morgan fingerprint density at radius 1 is 1.60 bits per heavy atom. The maximum atomic E-state index is 5.81. The van der Waals surface area contributed by atoms with Crippen molar-refractivity contribution in [2.45, 2.75) is 32.7 Å². The van der Waals surface area contributed by atoms with E-state index in [0.29, 0.717) is 6.54 Å². The zero-order chi connectivity index (χ0) is 11.3. The molecule has 0 fully saturated rings. The summed E-state index contributed by atoms with van der Waals surface area (Å²) in [5, 5.41) is 3.24. The van der Waals surface area contributed by atoms with Crippen LogP contribution >= 0.6 is 11.3 Å². The zero-order valence-corrected chi connectivity index (χ0v) is 10.7. The van der Waals surface area contributed by atoms with E-state index in [2.05, 4.69) is 29.2 Å². The SMILES string of the molecule is CCCCN(C)C(CN)c1nc(C)cs1. The predicted octanol–water partition coefficient (Wildman–Crippen LogP) is 2.18. The smallest absolute Gasteiger partial charge is 0.111 e. The molecule has 0 spiro atoms. The monoisotopic (exact) mass is 227 g/mol. The Morgan fingerprint density at radius 2 is 2.33 bits per heavy atom. The average Bonchev–Trinajstić information content (AvgIpc) is 2.63. The lowest BCUT2D eigenvalue weighted by molar-refractivity contribution is 0.246. The van der Waals surface area contributed by atoms with Crippen molar-refractivity contribution in [3.8, 4) is 0 Å². The number of aromatic nitrogens is 1. The van der Waals surface area contributed by atoms with Gasteiger partial charge < -0.3 is 5.73 Å². The van der Waals surface area contributed by atoms with E-state index in [1.165, 1.54) is 12.8 Å². The van der Waals surface area contributed by atoms with Gasteiger partial charge >= 0.3 is 0 Å². The molecule has 1 unspecified atom stereocenters. The standard InChI is InChI=1S/C11H21N3S/c1-4-5-6-14(3)10(7-12)11-13-9(2)8-15-11/h8,10H,4-7,12H2,1-3H3. The molecule has 0 aliphatic heterocycles. The van der Waals surface area contributed by atoms with Crippen molar-refractivity contribution in [2.24, 2.45) is 5.73 Å². The second kappa shape index (κ2) is 6.20. The van der Waals surface area contributed by atoms with Crippen molar-refractivity contribution in [3.63, 3.8) is 0 Å². The van der Waals surface area contributed by atoms with Crippen LogP contribution < -0.4 is 5.73 Å². The van der Waals surface area contributed by atoms with Crippen LogP contribution in [-0.2, 0) is 0 Å². The third kappa shape index (κ3) is 3.55. The average molecular weight is 227 g/mol. The minimum absolute atomic E-state index is 0.287. The fourth-order valence-corrected chi connectivity index (χ4v) is 2.53. The first-order valence-corrected chi connectivity index (χ1v) is 6.39. The Labute approximate surface area is 96.3 Å². The summed E-state index contributed by atoms with van der Waals surface area (Å²) in [6, 6.07) is 0.287. The van der Waals surface area contributed by atoms with Crippen LogP contribution in [0, 0.1) is 6.92 Å². The summed E-state index contributed by atoms with van der Waals surface area (Å²) in [5.41, 5.74) is 6.91. The highest BCUT2D eigenvalue weighted by Gasteiger charge is 2.17. The van der Waals surface area contributed by atoms with E-state index in [9.17, 15) is 0 Å². The Kier molecular flexibility index (Phi) is 5.22. The number of thiazole rings is 1. The number of hydrogen-bond acceptors (Lipinski definition) is 4. The molecule has 1 atom stereocenters. The summed E-state index contributed by atoms with van der Waals surface area (Å²) in [6.07, 6.45) is 2.44. The summed E-state index contributed by atoms with van der Waals surface area (Å²) in [7, 11) is 2.13. The second-order valence-corrected chi connectivity index (χ2v) is 4.80. The largest absolute Gasteiger partial charge is 0.329 e. The van der Waals surface area contributed by atoms with Gasteiger partial charge in [-0.1, -0.05) is 13.3 Å². The van der Waals surface area contributed by atoms with Gasteiger partial charge in [0.1, 0.15) is 5.01 Å². The van der Waals surface area contributed by atoms with Crippen molar-refractivity contribution in [2.75, 3.05) is 20.1 Å². The quantitative estimate of drug-likeness (QED) is 0.810. The first-order chi connectivity index (χ1) is 7.19. The fourth-order valence-electron chi connectivity index (χ4n) is 1.56. The predicted molar refractivity (Wildman–Crippen MR) is 66.2 cm³/mol. The van der Waals surface area contributed by atoms with E-state index >= 15 is 0 Å². The van der Waals surface area contributed by atoms with Gasteiger partial charge in [0.15, 0.2) is 0 Å². The summed E-state index contributed by atoms with van der Waals surface area (Å²) >= 11 is 1.71. The molecule has 0 saturated carbocycles. The van der Waals surface area contributed by atoms with Crippen LogP contribution in [0.3, 0.4) is 0 Å². The van der Waals surface area contributed by atoms with E-state index in [1.807, 2.05) is 6.92 Å². The maximum absolute atomic E-state index is 5.81. The molecule has 15 heavy (non-hydrogen) atoms. The first-order valence-electron chi connectivity index (χ1n) is 5.51. The maximum Gasteiger partial charge on any atom is 0.111 e. The summed E-state index contributed by atoms with van der Waals surface area (Å²) in [5.74, 6) is 0. The van der Waals surface area contributed by atoms with E-state index in [-0.39, 0.29) is 6.04 Å². The lowest BCUT2D eigenvalue weighted by Crippen LogP contribution is -2.31. The highest BCUT2D eigenvalue weighted by Crippen LogP contribution is 2.22. The molecule has 0 saturated heterocycles. The van der Waals surface area contributed by atoms with Gasteiger partial charge in [0, 0.05) is 17.6 Å². The fraction of sp³-hybridized carbons (Fsp3) is 0.727. The van der Waals surface area contributed by atoms with Crippen LogP contribution in [0.1, 0.15) is 36.5 Å². The first kappa shape index (κ1) is 12.6. The molecular weight excluding hydrogens is 206 g/mol. The molecule has 0 radical (unpaired) electrons. The molecule has 3 nitrogen and oxygen atoms in total. The van der Waals surface area contributed by atoms with Gasteiger partial charge in [0.2, 0.25) is 0 Å². The van der Waals surface area contributed by atoms with Crippen LogP contribution in [0.25, 0.3) is 0 Å². The van der Waals surface area contributed by atoms with Gasteiger partial charge in [-0.3, -0.25) is 4.90 Å². The second-order valence-electron chi connectivity index (χ2n) is 3.91. The molecule has 1 aromatic heterocycles. The van der Waals surface area contributed by atoms with Crippen molar-refractivity contribution < 1.29 is 0 Å². The van der Waals surface area contributed by atoms with Gasteiger partial charge in [-0.25, -0.2) is 4.98 Å². The van der Waals surface area contributed by atoms with E-state index < -0.39 is 0 Å². The van der Waals surface area contributed by atoms with Crippen molar-refractivity contribution in [1.82, 2.24) is 9.88 Å². The lowest BCUT2D eigenvalue weighted by Gasteiger charge is -2.24. The zero-order valence-electron chi connectivity index (χ0n) is 9.86. The minimum Gasteiger partial charge on any atom is -0.329 e. The number of rotatable bonds is 6. The number of nitrogens with zero attached hydrogens (tertiary/aromatic N) is 2. The van der Waals surface area contributed by atoms with Crippen LogP contribution in [0.15, 0.2) is 5.38 Å². The molecule has 1 heterocycles. The molecule has 0 amide bonds. The summed E-state index contributed by atoms with van der Waals surface area (Å²) in [4.78, 5) is 6.82. The topological polar surface area (TPSA) is 42.1 Å². The van der Waals surface area contributed by atoms with E-state index in [0.717, 1.165) is 17.2 Å². The van der Waals surface area contributed by atoms with Gasteiger partial charge in [0.25, 0.3) is 0 Å². The Bertz CT molecular complexity index is 285. The van der Waals surface area contributed by atoms with Gasteiger partial charge in [-0.05, 0) is 26.9 Å². The molecule has 1 aromatic rings. The van der Waals surface area contributed by atoms with Crippen LogP contribution in [-0.4, -0.2) is 30.0 Å². The summed E-state index contributed by atoms with van der Waals surface area (Å²) < 4.78 is 0. The van der Waals surface area contributed by atoms with Crippen molar-refractivity contribution in [3.05, 3.63) is 16.1 Å². The lowest BCUT2D eigenvalue weighted by atomic mass is 10.2. The summed E-state index contributed by atoms with van der Waals surface area (Å²) in [6.45, 7) is 5.97. The molecule has 0 aromatic carbocycles. The number of aryl methyl sites for hydroxylation is 1. The van der Waals surface area contributed by atoms with E-state index in [1.54, 1.807) is 11.3 Å². The minimum atomic E-state index is 0.287. The Morgan fingerprint density at radius 3 is 2.80 bits per heavy atom. The van der Waals surface area contributed by atoms with Crippen LogP contribution in [0.5, 0.6) is 0 Å². The Hall–Kier alpha value is -0.450. The highest BCUT2D eigenvalue weighted by molar-refractivity contribution is 7.09. The van der Waals surface area contributed by atoms with Gasteiger partial charge in [-0.2, -0.15) is 0 Å². The molecule has 1 rings (SSSR count). The normalized spacial score (nSPS) is 13.4. The van der Waals surface area contributed by atoms with Crippen LogP contribution in [0.4, 0.5) is 0 Å². The molecule has 86 valence electrons. The molecule has 0 aliphatic carbocycles. The Balaban J connectivity index is 2.62. The van der Waals surface area contributed by atoms with Crippen molar-refractivity contribution in [1.29, 1.82) is 0 Å².